The first-order chi connectivity index (χ1) is 17.0. The molecule has 2 aromatic carbocycles. The van der Waals surface area contributed by atoms with Gasteiger partial charge in [0.15, 0.2) is 0 Å². The van der Waals surface area contributed by atoms with Crippen molar-refractivity contribution in [1.82, 2.24) is 0 Å². The maximum absolute atomic E-state index is 13.3. The predicted octanol–water partition coefficient (Wildman–Crippen LogP) is 4.07. The molecule has 3 aliphatic rings. The third-order valence-electron chi connectivity index (χ3n) is 6.99. The van der Waals surface area contributed by atoms with Crippen molar-refractivity contribution in [3.63, 3.8) is 0 Å². The topological polar surface area (TPSA) is 71.6 Å². The van der Waals surface area contributed by atoms with Crippen LogP contribution < -0.4 is 14.7 Å². The highest BCUT2D eigenvalue weighted by Crippen LogP contribution is 2.39. The standard InChI is InChI=1S/C27H33N3O5/c1-19-18-29(27(32)35-24-9-13-33-14-10-24)26-17-22(5-8-25(26)30(19)20(2)31)21-3-6-23(7-4-21)28-11-15-34-16-12-28/h3-8,17,19,24H,9-16,18H2,1-2H3. The minimum absolute atomic E-state index is 0.0428. The van der Waals surface area contributed by atoms with Gasteiger partial charge in [0.25, 0.3) is 0 Å². The number of carbonyl (C=O) groups excluding carboxylic acids is 2. The number of morpholine rings is 1. The molecular weight excluding hydrogens is 446 g/mol. The van der Waals surface area contributed by atoms with Crippen LogP contribution in [0, 0.1) is 0 Å². The van der Waals surface area contributed by atoms with Crippen molar-refractivity contribution in [3.05, 3.63) is 42.5 Å². The van der Waals surface area contributed by atoms with E-state index in [4.69, 9.17) is 14.2 Å². The molecule has 2 fully saturated rings. The van der Waals surface area contributed by atoms with Crippen molar-refractivity contribution >= 4 is 29.1 Å². The molecule has 0 saturated carbocycles. The Balaban J connectivity index is 1.44. The number of nitrogens with zero attached hydrogens (tertiary/aromatic N) is 3. The number of ether oxygens (including phenoxy) is 3. The first kappa shape index (κ1) is 23.6. The molecule has 1 atom stereocenters. The van der Waals surface area contributed by atoms with Gasteiger partial charge in [0.1, 0.15) is 6.10 Å². The van der Waals surface area contributed by atoms with Gasteiger partial charge in [0.2, 0.25) is 5.91 Å². The van der Waals surface area contributed by atoms with Crippen molar-refractivity contribution in [2.75, 3.05) is 60.8 Å². The van der Waals surface area contributed by atoms with Crippen LogP contribution in [-0.2, 0) is 19.0 Å². The summed E-state index contributed by atoms with van der Waals surface area (Å²) in [7, 11) is 0. The van der Waals surface area contributed by atoms with Crippen LogP contribution in [0.3, 0.4) is 0 Å². The Bertz CT molecular complexity index is 1060. The lowest BCUT2D eigenvalue weighted by atomic mass is 10.0. The zero-order chi connectivity index (χ0) is 24.4. The molecule has 2 amide bonds. The van der Waals surface area contributed by atoms with E-state index in [9.17, 15) is 9.59 Å². The molecule has 0 radical (unpaired) electrons. The Morgan fingerprint density at radius 3 is 2.23 bits per heavy atom. The average Bonchev–Trinajstić information content (AvgIpc) is 2.89. The van der Waals surface area contributed by atoms with Gasteiger partial charge in [0, 0.05) is 45.1 Å². The largest absolute Gasteiger partial charge is 0.446 e. The van der Waals surface area contributed by atoms with Gasteiger partial charge in [-0.3, -0.25) is 9.69 Å². The lowest BCUT2D eigenvalue weighted by molar-refractivity contribution is -0.117. The highest BCUT2D eigenvalue weighted by molar-refractivity contribution is 6.03. The van der Waals surface area contributed by atoms with Crippen molar-refractivity contribution < 1.29 is 23.8 Å². The first-order valence-electron chi connectivity index (χ1n) is 12.4. The Kier molecular flexibility index (Phi) is 6.92. The number of fused-ring (bicyclic) bond motifs is 1. The highest BCUT2D eigenvalue weighted by Gasteiger charge is 2.35. The minimum atomic E-state index is -0.368. The maximum Gasteiger partial charge on any atom is 0.414 e. The minimum Gasteiger partial charge on any atom is -0.446 e. The summed E-state index contributed by atoms with van der Waals surface area (Å²) in [6.45, 7) is 8.39. The number of anilines is 3. The van der Waals surface area contributed by atoms with E-state index in [2.05, 4.69) is 29.2 Å². The second-order valence-electron chi connectivity index (χ2n) is 9.39. The van der Waals surface area contributed by atoms with Crippen LogP contribution in [0.5, 0.6) is 0 Å². The fourth-order valence-corrected chi connectivity index (χ4v) is 5.14. The summed E-state index contributed by atoms with van der Waals surface area (Å²) in [6, 6.07) is 14.2. The Morgan fingerprint density at radius 1 is 0.886 bits per heavy atom. The summed E-state index contributed by atoms with van der Waals surface area (Å²) in [4.78, 5) is 31.5. The Labute approximate surface area is 206 Å². The van der Waals surface area contributed by atoms with Crippen molar-refractivity contribution in [2.45, 2.75) is 38.8 Å². The van der Waals surface area contributed by atoms with E-state index in [1.54, 1.807) is 16.7 Å². The van der Waals surface area contributed by atoms with E-state index in [0.717, 1.165) is 43.1 Å². The molecule has 35 heavy (non-hydrogen) atoms. The van der Waals surface area contributed by atoms with E-state index < -0.39 is 0 Å². The molecule has 8 heteroatoms. The molecule has 2 saturated heterocycles. The van der Waals surface area contributed by atoms with Gasteiger partial charge >= 0.3 is 6.09 Å². The van der Waals surface area contributed by atoms with Crippen LogP contribution in [0.15, 0.2) is 42.5 Å². The molecule has 2 aromatic rings. The van der Waals surface area contributed by atoms with E-state index in [-0.39, 0.29) is 24.1 Å². The maximum atomic E-state index is 13.3. The van der Waals surface area contributed by atoms with Gasteiger partial charge in [-0.15, -0.1) is 0 Å². The fraction of sp³-hybridized carbons (Fsp3) is 0.481. The normalized spacial score (nSPS) is 21.0. The van der Waals surface area contributed by atoms with Crippen LogP contribution >= 0.6 is 0 Å². The molecule has 0 aliphatic carbocycles. The molecule has 0 aromatic heterocycles. The van der Waals surface area contributed by atoms with Gasteiger partial charge in [-0.1, -0.05) is 18.2 Å². The molecule has 3 heterocycles. The third-order valence-corrected chi connectivity index (χ3v) is 6.99. The molecule has 8 nitrogen and oxygen atoms in total. The van der Waals surface area contributed by atoms with E-state index >= 15 is 0 Å². The van der Waals surface area contributed by atoms with Crippen LogP contribution in [0.4, 0.5) is 21.9 Å². The van der Waals surface area contributed by atoms with E-state index in [1.165, 1.54) is 5.69 Å². The zero-order valence-electron chi connectivity index (χ0n) is 20.4. The van der Waals surface area contributed by atoms with E-state index in [1.807, 2.05) is 25.1 Å². The number of amides is 2. The number of hydrogen-bond donors (Lipinski definition) is 0. The van der Waals surface area contributed by atoms with Gasteiger partial charge < -0.3 is 24.0 Å². The first-order valence-corrected chi connectivity index (χ1v) is 12.4. The summed E-state index contributed by atoms with van der Waals surface area (Å²) in [5.41, 5.74) is 4.64. The lowest BCUT2D eigenvalue weighted by Crippen LogP contribution is -2.52. The smallest absolute Gasteiger partial charge is 0.414 e. The van der Waals surface area contributed by atoms with Crippen LogP contribution in [0.2, 0.25) is 0 Å². The molecular formula is C27H33N3O5. The van der Waals surface area contributed by atoms with Gasteiger partial charge in [-0.2, -0.15) is 0 Å². The molecule has 186 valence electrons. The summed E-state index contributed by atoms with van der Waals surface area (Å²) >= 11 is 0. The quantitative estimate of drug-likeness (QED) is 0.661. The van der Waals surface area contributed by atoms with Crippen molar-refractivity contribution in [2.24, 2.45) is 0 Å². The van der Waals surface area contributed by atoms with Crippen LogP contribution in [0.1, 0.15) is 26.7 Å². The Hall–Kier alpha value is -3.10. The average molecular weight is 480 g/mol. The number of hydrogen-bond acceptors (Lipinski definition) is 6. The highest BCUT2D eigenvalue weighted by atomic mass is 16.6. The number of benzene rings is 2. The lowest BCUT2D eigenvalue weighted by Gasteiger charge is -2.41. The third kappa shape index (κ3) is 4.99. The zero-order valence-corrected chi connectivity index (χ0v) is 20.4. The molecule has 5 rings (SSSR count). The number of carbonyl (C=O) groups is 2. The molecule has 1 unspecified atom stereocenters. The van der Waals surface area contributed by atoms with Gasteiger partial charge in [0.05, 0.1) is 43.8 Å². The van der Waals surface area contributed by atoms with Crippen molar-refractivity contribution in [3.8, 4) is 11.1 Å². The summed E-state index contributed by atoms with van der Waals surface area (Å²) < 4.78 is 16.7. The molecule has 3 aliphatic heterocycles. The predicted molar refractivity (Wildman–Crippen MR) is 135 cm³/mol. The van der Waals surface area contributed by atoms with Crippen LogP contribution in [-0.4, -0.2) is 70.2 Å². The van der Waals surface area contributed by atoms with Crippen LogP contribution in [0.25, 0.3) is 11.1 Å². The fourth-order valence-electron chi connectivity index (χ4n) is 5.14. The second kappa shape index (κ2) is 10.3. The molecule has 0 N–H and O–H groups in total. The summed E-state index contributed by atoms with van der Waals surface area (Å²) in [5.74, 6) is -0.0428. The summed E-state index contributed by atoms with van der Waals surface area (Å²) in [6.07, 6.45) is 0.901. The summed E-state index contributed by atoms with van der Waals surface area (Å²) in [5, 5.41) is 0. The van der Waals surface area contributed by atoms with Gasteiger partial charge in [-0.05, 0) is 42.3 Å². The Morgan fingerprint density at radius 2 is 1.54 bits per heavy atom. The van der Waals surface area contributed by atoms with Gasteiger partial charge in [-0.25, -0.2) is 4.79 Å². The number of rotatable bonds is 3. The molecule has 0 spiro atoms. The second-order valence-corrected chi connectivity index (χ2v) is 9.39. The van der Waals surface area contributed by atoms with E-state index in [0.29, 0.717) is 38.3 Å². The van der Waals surface area contributed by atoms with Crippen molar-refractivity contribution in [1.29, 1.82) is 0 Å². The SMILES string of the molecule is CC(=O)N1c2ccc(-c3ccc(N4CCOCC4)cc3)cc2N(C(=O)OC2CCOCC2)CC1C. The molecule has 0 bridgehead atoms. The monoisotopic (exact) mass is 479 g/mol.